The summed E-state index contributed by atoms with van der Waals surface area (Å²) in [5.41, 5.74) is 0.853. The van der Waals surface area contributed by atoms with Crippen molar-refractivity contribution in [3.05, 3.63) is 202 Å². The standard InChI is InChI=1S/C53H50IN5O8S2/c1-51(2,3)66-49(63)52(4,5)67-58-41(40-32-68-50(55-40)57-53(37-25-15-8-16-26-37,38-27-17-9-18-28-38)39-29-19-10-20-30-39)45(60)56-42-46(61)59-43(36(31-54)33-69(64)47(42)59)48(62)65-44(34-21-11-6-12-22-34)35-23-13-7-14-24-35/h6-30,32,42,44,47H,31,33H2,1-5H3,(H,55,57)(H,56,60)/b58-41-/t42?,47-,69?/m0/s1. The van der Waals surface area contributed by atoms with Crippen LogP contribution in [0.3, 0.4) is 0 Å². The van der Waals surface area contributed by atoms with Crippen LogP contribution in [0.25, 0.3) is 0 Å². The molecular weight excluding hydrogens is 1030 g/mol. The van der Waals surface area contributed by atoms with Crippen LogP contribution in [0.2, 0.25) is 0 Å². The molecule has 3 atom stereocenters. The number of carbonyl (C=O) groups excluding carboxylic acids is 4. The van der Waals surface area contributed by atoms with Gasteiger partial charge in [-0.1, -0.05) is 179 Å². The molecule has 69 heavy (non-hydrogen) atoms. The van der Waals surface area contributed by atoms with Crippen LogP contribution in [0, 0.1) is 0 Å². The molecule has 2 unspecified atom stereocenters. The molecule has 2 amide bonds. The van der Waals surface area contributed by atoms with Gasteiger partial charge in [0, 0.05) is 15.4 Å². The third kappa shape index (κ3) is 10.5. The van der Waals surface area contributed by atoms with E-state index in [2.05, 4.69) is 38.4 Å². The summed E-state index contributed by atoms with van der Waals surface area (Å²) in [6.07, 6.45) is -0.806. The van der Waals surface area contributed by atoms with Gasteiger partial charge in [0.1, 0.15) is 28.3 Å². The van der Waals surface area contributed by atoms with Crippen LogP contribution in [0.4, 0.5) is 5.13 Å². The average molecular weight is 1080 g/mol. The van der Waals surface area contributed by atoms with Gasteiger partial charge in [-0.15, -0.1) is 11.3 Å². The molecule has 16 heteroatoms. The highest BCUT2D eigenvalue weighted by atomic mass is 127. The minimum Gasteiger partial charge on any atom is -0.614 e. The fraction of sp³-hybridized carbons (Fsp3) is 0.245. The number of anilines is 1. The number of hydrogen-bond donors (Lipinski definition) is 2. The maximum Gasteiger partial charge on any atom is 0.356 e. The van der Waals surface area contributed by atoms with Gasteiger partial charge in [0.05, 0.1) is 0 Å². The zero-order valence-corrected chi connectivity index (χ0v) is 42.2. The van der Waals surface area contributed by atoms with Crippen molar-refractivity contribution < 1.29 is 38.0 Å². The molecule has 1 aromatic heterocycles. The van der Waals surface area contributed by atoms with Gasteiger partial charge in [-0.25, -0.2) is 14.6 Å². The van der Waals surface area contributed by atoms with E-state index in [0.29, 0.717) is 15.1 Å². The number of thiazole rings is 1. The molecule has 2 aliphatic rings. The Morgan fingerprint density at radius 2 is 1.30 bits per heavy atom. The van der Waals surface area contributed by atoms with E-state index in [-0.39, 0.29) is 22.9 Å². The Kier molecular flexibility index (Phi) is 14.7. The summed E-state index contributed by atoms with van der Waals surface area (Å²) in [4.78, 5) is 68.6. The number of ether oxygens (including phenoxy) is 2. The molecule has 0 radical (unpaired) electrons. The molecule has 13 nitrogen and oxygen atoms in total. The number of carbonyl (C=O) groups is 4. The van der Waals surface area contributed by atoms with Gasteiger partial charge in [-0.3, -0.25) is 14.5 Å². The van der Waals surface area contributed by atoms with E-state index in [9.17, 15) is 23.7 Å². The number of alkyl halides is 1. The predicted molar refractivity (Wildman–Crippen MR) is 275 cm³/mol. The minimum absolute atomic E-state index is 0.00774. The second-order valence-electron chi connectivity index (χ2n) is 17.8. The van der Waals surface area contributed by atoms with Crippen LogP contribution < -0.4 is 10.6 Å². The van der Waals surface area contributed by atoms with Crippen molar-refractivity contribution in [3.63, 3.8) is 0 Å². The molecule has 354 valence electrons. The third-order valence-corrected chi connectivity index (χ3v) is 14.7. The first-order chi connectivity index (χ1) is 33.1. The number of esters is 2. The summed E-state index contributed by atoms with van der Waals surface area (Å²) < 4.78 is 26.1. The lowest BCUT2D eigenvalue weighted by molar-refractivity contribution is -0.179. The van der Waals surface area contributed by atoms with Crippen LogP contribution >= 0.6 is 33.9 Å². The first kappa shape index (κ1) is 49.1. The summed E-state index contributed by atoms with van der Waals surface area (Å²) in [7, 11) is 0. The normalized spacial score (nSPS) is 17.4. The highest BCUT2D eigenvalue weighted by Gasteiger charge is 2.61. The smallest absolute Gasteiger partial charge is 0.356 e. The molecule has 3 heterocycles. The SMILES string of the molecule is CC(C)(C)OC(=O)C(C)(C)O/N=C(\C(=O)NC1C(=O)N2C(C(=O)OC(c3ccccc3)c3ccccc3)=C(CI)C[S+]([O-])[C@@H]12)c1csc(NC(c2ccccc2)(c2ccccc2)c2ccccc2)n1. The van der Waals surface area contributed by atoms with E-state index < -0.39 is 69.2 Å². The lowest BCUT2D eigenvalue weighted by atomic mass is 9.77. The quantitative estimate of drug-likeness (QED) is 0.0140. The van der Waals surface area contributed by atoms with E-state index in [1.54, 1.807) is 26.2 Å². The molecule has 6 aromatic rings. The zero-order valence-electron chi connectivity index (χ0n) is 38.5. The molecule has 0 aliphatic carbocycles. The molecule has 0 bridgehead atoms. The number of nitrogens with zero attached hydrogens (tertiary/aromatic N) is 3. The second-order valence-corrected chi connectivity index (χ2v) is 21.0. The van der Waals surface area contributed by atoms with Crippen molar-refractivity contribution in [2.45, 2.75) is 68.9 Å². The molecule has 5 aromatic carbocycles. The lowest BCUT2D eigenvalue weighted by Gasteiger charge is -2.49. The summed E-state index contributed by atoms with van der Waals surface area (Å²) in [5.74, 6) is -3.10. The largest absolute Gasteiger partial charge is 0.614 e. The number of oxime groups is 1. The lowest BCUT2D eigenvalue weighted by Crippen LogP contribution is -2.75. The number of benzene rings is 5. The van der Waals surface area contributed by atoms with Gasteiger partial charge in [0.25, 0.3) is 11.8 Å². The number of β-lactam (4-membered cyclic amide) rings is 1. The first-order valence-corrected chi connectivity index (χ1v) is 25.9. The molecule has 1 fully saturated rings. The van der Waals surface area contributed by atoms with Gasteiger partial charge in [-0.05, 0) is 73.6 Å². The van der Waals surface area contributed by atoms with Crippen molar-refractivity contribution in [3.8, 4) is 0 Å². The van der Waals surface area contributed by atoms with Crippen molar-refractivity contribution in [2.24, 2.45) is 5.16 Å². The molecule has 0 saturated carbocycles. The Balaban J connectivity index is 1.12. The molecule has 1 saturated heterocycles. The van der Waals surface area contributed by atoms with Gasteiger partial charge in [0.15, 0.2) is 23.0 Å². The highest BCUT2D eigenvalue weighted by Crippen LogP contribution is 2.42. The Morgan fingerprint density at radius 1 is 0.812 bits per heavy atom. The fourth-order valence-electron chi connectivity index (χ4n) is 8.08. The predicted octanol–water partition coefficient (Wildman–Crippen LogP) is 8.83. The summed E-state index contributed by atoms with van der Waals surface area (Å²) in [6, 6.07) is 46.9. The van der Waals surface area contributed by atoms with E-state index in [1.165, 1.54) is 30.1 Å². The number of hydrogen-bond acceptors (Lipinski definition) is 12. The minimum atomic E-state index is -1.74. The number of halogens is 1. The van der Waals surface area contributed by atoms with Crippen molar-refractivity contribution in [2.75, 3.05) is 15.5 Å². The zero-order chi connectivity index (χ0) is 48.9. The van der Waals surface area contributed by atoms with Crippen molar-refractivity contribution in [1.29, 1.82) is 0 Å². The Labute approximate surface area is 421 Å². The summed E-state index contributed by atoms with van der Waals surface area (Å²) in [6.45, 7) is 8.07. The van der Waals surface area contributed by atoms with Crippen LogP contribution in [0.1, 0.15) is 74.2 Å². The highest BCUT2D eigenvalue weighted by molar-refractivity contribution is 14.1. The summed E-state index contributed by atoms with van der Waals surface area (Å²) in [5, 5.41) is 11.6. The monoisotopic (exact) mass is 1080 g/mol. The summed E-state index contributed by atoms with van der Waals surface area (Å²) >= 11 is 1.55. The Hall–Kier alpha value is -6.34. The Bertz CT molecular complexity index is 2720. The number of fused-ring (bicyclic) bond motifs is 1. The number of aromatic nitrogens is 1. The van der Waals surface area contributed by atoms with Crippen LogP contribution in [0.15, 0.2) is 173 Å². The molecule has 8 rings (SSSR count). The Morgan fingerprint density at radius 3 is 1.78 bits per heavy atom. The van der Waals surface area contributed by atoms with Crippen LogP contribution in [-0.2, 0) is 50.2 Å². The molecule has 0 spiro atoms. The number of rotatable bonds is 16. The van der Waals surface area contributed by atoms with Crippen LogP contribution in [0.5, 0.6) is 0 Å². The first-order valence-electron chi connectivity index (χ1n) is 22.1. The number of nitrogens with one attached hydrogen (secondary N) is 2. The molecular formula is C53H50IN5O8S2. The van der Waals surface area contributed by atoms with E-state index in [0.717, 1.165) is 27.8 Å². The molecule has 2 N–H and O–H groups in total. The maximum absolute atomic E-state index is 14.7. The maximum atomic E-state index is 14.7. The number of amides is 2. The third-order valence-electron chi connectivity index (χ3n) is 11.4. The van der Waals surface area contributed by atoms with Crippen molar-refractivity contribution in [1.82, 2.24) is 15.2 Å². The molecule has 2 aliphatic heterocycles. The van der Waals surface area contributed by atoms with Gasteiger partial charge in [-0.2, -0.15) is 0 Å². The fourth-order valence-corrected chi connectivity index (χ4v) is 11.5. The van der Waals surface area contributed by atoms with E-state index in [1.807, 2.05) is 152 Å². The van der Waals surface area contributed by atoms with Gasteiger partial charge in [0.2, 0.25) is 11.0 Å². The van der Waals surface area contributed by atoms with E-state index in [4.69, 9.17) is 19.3 Å². The average Bonchev–Trinajstić information content (AvgIpc) is 3.82. The van der Waals surface area contributed by atoms with E-state index >= 15 is 0 Å². The van der Waals surface area contributed by atoms with Gasteiger partial charge < -0.3 is 29.5 Å². The van der Waals surface area contributed by atoms with Crippen molar-refractivity contribution >= 4 is 79.7 Å². The van der Waals surface area contributed by atoms with Gasteiger partial charge >= 0.3 is 11.9 Å². The van der Waals surface area contributed by atoms with Crippen LogP contribution in [-0.4, -0.2) is 76.7 Å². The second kappa shape index (κ2) is 20.7. The topological polar surface area (TPSA) is 172 Å².